The van der Waals surface area contributed by atoms with Gasteiger partial charge in [-0.2, -0.15) is 0 Å². The van der Waals surface area contributed by atoms with Crippen LogP contribution in [0.15, 0.2) is 47.6 Å². The highest BCUT2D eigenvalue weighted by Gasteiger charge is 2.11. The molecule has 1 aromatic heterocycles. The molecule has 0 fully saturated rings. The Morgan fingerprint density at radius 3 is 2.70 bits per heavy atom. The van der Waals surface area contributed by atoms with E-state index in [1.54, 1.807) is 31.4 Å². The van der Waals surface area contributed by atoms with E-state index >= 15 is 0 Å². The molecule has 3 N–H and O–H groups in total. The number of nitrogens with zero attached hydrogens (tertiary/aromatic N) is 2. The molecule has 0 aliphatic rings. The minimum Gasteiger partial charge on any atom is -0.497 e. The Bertz CT molecular complexity index is 1040. The number of amides is 2. The van der Waals surface area contributed by atoms with Crippen LogP contribution in [0.3, 0.4) is 0 Å². The Hall–Kier alpha value is -3.11. The normalized spacial score (nSPS) is 10.5. The second-order valence-electron chi connectivity index (χ2n) is 5.94. The molecule has 156 valence electrons. The molecule has 0 aliphatic heterocycles. The third-order valence-corrected chi connectivity index (χ3v) is 4.95. The summed E-state index contributed by atoms with van der Waals surface area (Å²) in [7, 11) is 1.55. The van der Waals surface area contributed by atoms with Crippen LogP contribution in [0.2, 0.25) is 5.02 Å². The molecule has 1 heterocycles. The summed E-state index contributed by atoms with van der Waals surface area (Å²) in [6.45, 7) is 0.151. The molecule has 0 spiro atoms. The van der Waals surface area contributed by atoms with Gasteiger partial charge in [0.15, 0.2) is 0 Å². The van der Waals surface area contributed by atoms with E-state index < -0.39 is 5.82 Å². The summed E-state index contributed by atoms with van der Waals surface area (Å²) in [6.07, 6.45) is 0. The maximum absolute atomic E-state index is 13.1. The molecular weight excluding hydrogens is 433 g/mol. The van der Waals surface area contributed by atoms with Crippen molar-refractivity contribution in [2.24, 2.45) is 0 Å². The van der Waals surface area contributed by atoms with E-state index in [2.05, 4.69) is 25.8 Å². The Morgan fingerprint density at radius 1 is 1.23 bits per heavy atom. The second kappa shape index (κ2) is 10.1. The number of hydrogen-bond donors (Lipinski definition) is 3. The Morgan fingerprint density at radius 2 is 2.00 bits per heavy atom. The molecule has 0 aliphatic carbocycles. The fraction of sp³-hybridized carbons (Fsp3) is 0.158. The number of rotatable bonds is 8. The first-order valence-electron chi connectivity index (χ1n) is 8.66. The third kappa shape index (κ3) is 5.94. The summed E-state index contributed by atoms with van der Waals surface area (Å²) in [5, 5.41) is 12.3. The van der Waals surface area contributed by atoms with Gasteiger partial charge in [-0.15, -0.1) is 5.10 Å². The summed E-state index contributed by atoms with van der Waals surface area (Å²) < 4.78 is 18.2. The monoisotopic (exact) mass is 449 g/mol. The van der Waals surface area contributed by atoms with Crippen LogP contribution in [0.4, 0.5) is 10.1 Å². The van der Waals surface area contributed by atoms with Gasteiger partial charge in [-0.3, -0.25) is 14.7 Å². The van der Waals surface area contributed by atoms with Crippen molar-refractivity contribution in [3.8, 4) is 5.75 Å². The molecule has 0 unspecified atom stereocenters. The average molecular weight is 450 g/mol. The lowest BCUT2D eigenvalue weighted by Gasteiger charge is -2.05. The molecular formula is C19H17ClFN5O3S. The number of H-pyrrole nitrogens is 1. The van der Waals surface area contributed by atoms with Gasteiger partial charge >= 0.3 is 0 Å². The van der Waals surface area contributed by atoms with E-state index in [0.717, 1.165) is 11.8 Å². The van der Waals surface area contributed by atoms with E-state index in [0.29, 0.717) is 28.0 Å². The van der Waals surface area contributed by atoms with Crippen molar-refractivity contribution in [1.82, 2.24) is 20.5 Å². The molecule has 11 heteroatoms. The van der Waals surface area contributed by atoms with Gasteiger partial charge in [0.2, 0.25) is 11.1 Å². The third-order valence-electron chi connectivity index (χ3n) is 3.82. The average Bonchev–Trinajstić information content (AvgIpc) is 3.21. The zero-order valence-electron chi connectivity index (χ0n) is 15.7. The van der Waals surface area contributed by atoms with Crippen LogP contribution < -0.4 is 15.4 Å². The highest BCUT2D eigenvalue weighted by molar-refractivity contribution is 7.99. The lowest BCUT2D eigenvalue weighted by Crippen LogP contribution is -2.23. The molecule has 3 aromatic rings. The fourth-order valence-electron chi connectivity index (χ4n) is 2.33. The zero-order chi connectivity index (χ0) is 21.5. The molecule has 3 rings (SSSR count). The number of carbonyl (C=O) groups is 2. The number of carbonyl (C=O) groups excluding carboxylic acids is 2. The molecule has 8 nitrogen and oxygen atoms in total. The van der Waals surface area contributed by atoms with Crippen LogP contribution in [-0.4, -0.2) is 39.9 Å². The quantitative estimate of drug-likeness (QED) is 0.455. The van der Waals surface area contributed by atoms with Crippen molar-refractivity contribution in [3.05, 3.63) is 64.7 Å². The number of ether oxygens (including phenoxy) is 1. The lowest BCUT2D eigenvalue weighted by molar-refractivity contribution is -0.113. The molecule has 0 radical (unpaired) electrons. The minimum absolute atomic E-state index is 0.0461. The number of aromatic nitrogens is 3. The van der Waals surface area contributed by atoms with Gasteiger partial charge in [-0.1, -0.05) is 23.4 Å². The highest BCUT2D eigenvalue weighted by Crippen LogP contribution is 2.20. The number of hydrogen-bond acceptors (Lipinski definition) is 6. The lowest BCUT2D eigenvalue weighted by atomic mass is 10.2. The molecule has 2 amide bonds. The van der Waals surface area contributed by atoms with Gasteiger partial charge < -0.3 is 15.4 Å². The Labute approximate surface area is 180 Å². The first kappa shape index (κ1) is 21.6. The van der Waals surface area contributed by atoms with Crippen LogP contribution in [0.5, 0.6) is 5.75 Å². The van der Waals surface area contributed by atoms with Crippen LogP contribution in [0.1, 0.15) is 16.2 Å². The molecule has 30 heavy (non-hydrogen) atoms. The number of nitrogens with one attached hydrogen (secondary N) is 3. The zero-order valence-corrected chi connectivity index (χ0v) is 17.3. The molecule has 0 atom stereocenters. The topological polar surface area (TPSA) is 109 Å². The van der Waals surface area contributed by atoms with E-state index in [-0.39, 0.29) is 29.1 Å². The fourth-order valence-corrected chi connectivity index (χ4v) is 3.13. The number of benzene rings is 2. The van der Waals surface area contributed by atoms with Crippen molar-refractivity contribution in [1.29, 1.82) is 0 Å². The van der Waals surface area contributed by atoms with Crippen molar-refractivity contribution in [3.63, 3.8) is 0 Å². The van der Waals surface area contributed by atoms with Gasteiger partial charge in [0.25, 0.3) is 5.91 Å². The van der Waals surface area contributed by atoms with E-state index in [1.165, 1.54) is 18.2 Å². The van der Waals surface area contributed by atoms with E-state index in [9.17, 15) is 14.0 Å². The summed E-state index contributed by atoms with van der Waals surface area (Å²) in [5.41, 5.74) is 0.881. The number of methoxy groups -OCH3 is 1. The van der Waals surface area contributed by atoms with Crippen molar-refractivity contribution < 1.29 is 18.7 Å². The van der Waals surface area contributed by atoms with Crippen LogP contribution in [0.25, 0.3) is 0 Å². The molecule has 2 aromatic carbocycles. The molecule has 0 saturated carbocycles. The largest absolute Gasteiger partial charge is 0.497 e. The van der Waals surface area contributed by atoms with Crippen molar-refractivity contribution >= 4 is 40.9 Å². The van der Waals surface area contributed by atoms with Crippen LogP contribution in [-0.2, 0) is 11.3 Å². The van der Waals surface area contributed by atoms with E-state index in [1.807, 2.05) is 0 Å². The predicted octanol–water partition coefficient (Wildman–Crippen LogP) is 3.27. The highest BCUT2D eigenvalue weighted by atomic mass is 35.5. The van der Waals surface area contributed by atoms with Gasteiger partial charge in [0, 0.05) is 11.3 Å². The standard InChI is InChI=1S/C19H17ClFN5O3S/c1-29-13-5-2-11(3-6-13)18(28)22-9-16-24-19(26-25-16)30-10-17(27)23-12-4-7-15(21)14(20)8-12/h2-8H,9-10H2,1H3,(H,22,28)(H,23,27)(H,24,25,26). The molecule has 0 bridgehead atoms. The predicted molar refractivity (Wildman–Crippen MR) is 111 cm³/mol. The van der Waals surface area contributed by atoms with Gasteiger partial charge in [0.1, 0.15) is 17.4 Å². The SMILES string of the molecule is COc1ccc(C(=O)NCc2nc(SCC(=O)Nc3ccc(F)c(Cl)c3)n[nH]2)cc1. The van der Waals surface area contributed by atoms with E-state index in [4.69, 9.17) is 16.3 Å². The second-order valence-corrected chi connectivity index (χ2v) is 7.29. The maximum Gasteiger partial charge on any atom is 0.251 e. The molecule has 0 saturated heterocycles. The number of aromatic amines is 1. The summed E-state index contributed by atoms with van der Waals surface area (Å²) in [5.74, 6) is 0.0173. The summed E-state index contributed by atoms with van der Waals surface area (Å²) in [6, 6.07) is 10.6. The summed E-state index contributed by atoms with van der Waals surface area (Å²) >= 11 is 6.80. The van der Waals surface area contributed by atoms with Crippen molar-refractivity contribution in [2.45, 2.75) is 11.7 Å². The maximum atomic E-state index is 13.1. The Balaban J connectivity index is 1.45. The van der Waals surface area contributed by atoms with Crippen molar-refractivity contribution in [2.75, 3.05) is 18.2 Å². The first-order valence-corrected chi connectivity index (χ1v) is 10.0. The number of thioether (sulfide) groups is 1. The van der Waals surface area contributed by atoms with Crippen LogP contribution >= 0.6 is 23.4 Å². The van der Waals surface area contributed by atoms with Gasteiger partial charge in [0.05, 0.1) is 24.4 Å². The number of halogens is 2. The Kier molecular flexibility index (Phi) is 7.26. The first-order chi connectivity index (χ1) is 14.4. The van der Waals surface area contributed by atoms with Gasteiger partial charge in [-0.05, 0) is 42.5 Å². The smallest absolute Gasteiger partial charge is 0.251 e. The van der Waals surface area contributed by atoms with Crippen LogP contribution in [0, 0.1) is 5.82 Å². The number of anilines is 1. The minimum atomic E-state index is -0.559. The summed E-state index contributed by atoms with van der Waals surface area (Å²) in [4.78, 5) is 28.4. The van der Waals surface area contributed by atoms with Gasteiger partial charge in [-0.25, -0.2) is 9.37 Å².